The number of benzene rings is 1. The average Bonchev–Trinajstić information content (AvgIpc) is 2.40. The minimum absolute atomic E-state index is 0.0156. The van der Waals surface area contributed by atoms with E-state index < -0.39 is 17.9 Å². The third-order valence-corrected chi connectivity index (χ3v) is 2.89. The number of carbonyl (C=O) groups is 2. The van der Waals surface area contributed by atoms with Crippen LogP contribution in [0, 0.1) is 6.92 Å². The molecule has 3 N–H and O–H groups in total. The lowest BCUT2D eigenvalue weighted by Crippen LogP contribution is -2.42. The van der Waals surface area contributed by atoms with Crippen LogP contribution < -0.4 is 10.1 Å². The molecule has 0 unspecified atom stereocenters. The smallest absolute Gasteiger partial charge is 0.326 e. The molecular formula is C14H19NO5. The van der Waals surface area contributed by atoms with Crippen LogP contribution in [0.5, 0.6) is 5.75 Å². The van der Waals surface area contributed by atoms with Crippen LogP contribution in [0.1, 0.15) is 17.5 Å². The third-order valence-electron chi connectivity index (χ3n) is 2.89. The van der Waals surface area contributed by atoms with E-state index in [-0.39, 0.29) is 19.4 Å². The van der Waals surface area contributed by atoms with Gasteiger partial charge >= 0.3 is 5.97 Å². The highest BCUT2D eigenvalue weighted by atomic mass is 16.5. The molecule has 0 aliphatic carbocycles. The number of aliphatic hydroxyl groups excluding tert-OH is 1. The summed E-state index contributed by atoms with van der Waals surface area (Å²) in [4.78, 5) is 22.7. The highest BCUT2D eigenvalue weighted by Crippen LogP contribution is 2.19. The van der Waals surface area contributed by atoms with Gasteiger partial charge in [-0.2, -0.15) is 0 Å². The number of ether oxygens (including phenoxy) is 1. The molecule has 1 rings (SSSR count). The highest BCUT2D eigenvalue weighted by Gasteiger charge is 2.19. The van der Waals surface area contributed by atoms with E-state index in [0.29, 0.717) is 5.75 Å². The summed E-state index contributed by atoms with van der Waals surface area (Å²) in [7, 11) is 1.55. The van der Waals surface area contributed by atoms with E-state index in [0.717, 1.165) is 11.1 Å². The summed E-state index contributed by atoms with van der Waals surface area (Å²) < 4.78 is 5.17. The number of carbonyl (C=O) groups excluding carboxylic acids is 1. The average molecular weight is 281 g/mol. The molecule has 0 saturated carbocycles. The molecule has 20 heavy (non-hydrogen) atoms. The van der Waals surface area contributed by atoms with Crippen molar-refractivity contribution in [2.24, 2.45) is 0 Å². The van der Waals surface area contributed by atoms with Gasteiger partial charge in [-0.15, -0.1) is 0 Å². The molecule has 0 saturated heterocycles. The number of methoxy groups -OCH3 is 1. The van der Waals surface area contributed by atoms with Crippen molar-refractivity contribution in [3.8, 4) is 5.75 Å². The maximum atomic E-state index is 11.8. The summed E-state index contributed by atoms with van der Waals surface area (Å²) in [5.41, 5.74) is 1.69. The Morgan fingerprint density at radius 2 is 2.10 bits per heavy atom. The molecule has 1 atom stereocenters. The minimum Gasteiger partial charge on any atom is -0.496 e. The number of amides is 1. The van der Waals surface area contributed by atoms with Crippen molar-refractivity contribution in [1.82, 2.24) is 5.32 Å². The molecular weight excluding hydrogens is 262 g/mol. The van der Waals surface area contributed by atoms with Crippen LogP contribution in [0.3, 0.4) is 0 Å². The number of hydrogen-bond acceptors (Lipinski definition) is 4. The number of aliphatic hydroxyl groups is 1. The molecule has 1 aromatic carbocycles. The highest BCUT2D eigenvalue weighted by molar-refractivity contribution is 5.84. The standard InChI is InChI=1S/C14H19NO5/c1-9-3-4-10(7-12(9)20-2)8-13(17)15-11(5-6-16)14(18)19/h3-4,7,11,16H,5-6,8H2,1-2H3,(H,15,17)(H,18,19)/t11-/m1/s1. The Balaban J connectivity index is 2.68. The fraction of sp³-hybridized carbons (Fsp3) is 0.429. The van der Waals surface area contributed by atoms with Gasteiger partial charge in [-0.25, -0.2) is 4.79 Å². The zero-order chi connectivity index (χ0) is 15.1. The Morgan fingerprint density at radius 3 is 2.65 bits per heavy atom. The Hall–Kier alpha value is -2.08. The maximum Gasteiger partial charge on any atom is 0.326 e. The molecule has 0 fully saturated rings. The quantitative estimate of drug-likeness (QED) is 0.676. The Kier molecular flexibility index (Phi) is 5.99. The lowest BCUT2D eigenvalue weighted by Gasteiger charge is -2.13. The molecule has 0 aliphatic heterocycles. The molecule has 110 valence electrons. The zero-order valence-electron chi connectivity index (χ0n) is 11.5. The van der Waals surface area contributed by atoms with Crippen LogP contribution in [0.4, 0.5) is 0 Å². The van der Waals surface area contributed by atoms with Crippen LogP contribution >= 0.6 is 0 Å². The second kappa shape index (κ2) is 7.49. The number of nitrogens with one attached hydrogen (secondary N) is 1. The van der Waals surface area contributed by atoms with E-state index in [1.54, 1.807) is 19.2 Å². The molecule has 1 aromatic rings. The summed E-state index contributed by atoms with van der Waals surface area (Å²) >= 11 is 0. The summed E-state index contributed by atoms with van der Waals surface area (Å²) in [5.74, 6) is -0.883. The van der Waals surface area contributed by atoms with Crippen molar-refractivity contribution in [3.05, 3.63) is 29.3 Å². The number of aliphatic carboxylic acids is 1. The van der Waals surface area contributed by atoms with Gasteiger partial charge in [0.1, 0.15) is 11.8 Å². The first-order valence-electron chi connectivity index (χ1n) is 6.24. The second-order valence-corrected chi connectivity index (χ2v) is 4.45. The molecule has 6 heteroatoms. The Bertz CT molecular complexity index is 486. The van der Waals surface area contributed by atoms with Gasteiger partial charge in [-0.05, 0) is 24.1 Å². The van der Waals surface area contributed by atoms with Crippen LogP contribution in [-0.2, 0) is 16.0 Å². The SMILES string of the molecule is COc1cc(CC(=O)N[C@H](CCO)C(=O)O)ccc1C. The first-order valence-corrected chi connectivity index (χ1v) is 6.24. The fourth-order valence-corrected chi connectivity index (χ4v) is 1.79. The fourth-order valence-electron chi connectivity index (χ4n) is 1.79. The van der Waals surface area contributed by atoms with Gasteiger partial charge in [0.25, 0.3) is 0 Å². The van der Waals surface area contributed by atoms with Crippen LogP contribution in [0.2, 0.25) is 0 Å². The van der Waals surface area contributed by atoms with Crippen molar-refractivity contribution < 1.29 is 24.5 Å². The van der Waals surface area contributed by atoms with Crippen molar-refractivity contribution >= 4 is 11.9 Å². The summed E-state index contributed by atoms with van der Waals surface area (Å²) in [6.45, 7) is 1.60. The van der Waals surface area contributed by atoms with Gasteiger partial charge in [-0.3, -0.25) is 4.79 Å². The predicted molar refractivity (Wildman–Crippen MR) is 72.7 cm³/mol. The lowest BCUT2D eigenvalue weighted by atomic mass is 10.1. The number of carboxylic acid groups (broad SMARTS) is 1. The van der Waals surface area contributed by atoms with Crippen molar-refractivity contribution in [3.63, 3.8) is 0 Å². The van der Waals surface area contributed by atoms with Gasteiger partial charge in [0, 0.05) is 13.0 Å². The van der Waals surface area contributed by atoms with Gasteiger partial charge in [-0.1, -0.05) is 12.1 Å². The topological polar surface area (TPSA) is 95.9 Å². The van der Waals surface area contributed by atoms with E-state index in [1.807, 2.05) is 13.0 Å². The van der Waals surface area contributed by atoms with Gasteiger partial charge in [0.2, 0.25) is 5.91 Å². The largest absolute Gasteiger partial charge is 0.496 e. The number of rotatable bonds is 7. The molecule has 0 spiro atoms. The number of carboxylic acids is 1. The normalized spacial score (nSPS) is 11.8. The molecule has 1 amide bonds. The first kappa shape index (κ1) is 16.0. The van der Waals surface area contributed by atoms with Crippen molar-refractivity contribution in [2.45, 2.75) is 25.8 Å². The summed E-state index contributed by atoms with van der Waals surface area (Å²) in [6.07, 6.45) is 0.0458. The van der Waals surface area contributed by atoms with E-state index in [4.69, 9.17) is 14.9 Å². The third kappa shape index (κ3) is 4.55. The van der Waals surface area contributed by atoms with E-state index in [2.05, 4.69) is 5.32 Å². The molecule has 0 heterocycles. The predicted octanol–water partition coefficient (Wildman–Crippen LogP) is 0.498. The molecule has 0 radical (unpaired) electrons. The van der Waals surface area contributed by atoms with Crippen molar-refractivity contribution in [2.75, 3.05) is 13.7 Å². The number of hydrogen-bond donors (Lipinski definition) is 3. The Labute approximate surface area is 117 Å². The molecule has 0 aliphatic rings. The summed E-state index contributed by atoms with van der Waals surface area (Å²) in [5, 5.41) is 20.0. The monoisotopic (exact) mass is 281 g/mol. The Morgan fingerprint density at radius 1 is 1.40 bits per heavy atom. The zero-order valence-corrected chi connectivity index (χ0v) is 11.5. The molecule has 6 nitrogen and oxygen atoms in total. The van der Waals surface area contributed by atoms with Crippen LogP contribution in [-0.4, -0.2) is 41.8 Å². The van der Waals surface area contributed by atoms with E-state index in [9.17, 15) is 9.59 Å². The molecule has 0 bridgehead atoms. The summed E-state index contributed by atoms with van der Waals surface area (Å²) in [6, 6.07) is 4.31. The van der Waals surface area contributed by atoms with E-state index >= 15 is 0 Å². The first-order chi connectivity index (χ1) is 9.47. The second-order valence-electron chi connectivity index (χ2n) is 4.45. The van der Waals surface area contributed by atoms with Gasteiger partial charge < -0.3 is 20.3 Å². The minimum atomic E-state index is -1.16. The van der Waals surface area contributed by atoms with Gasteiger partial charge in [0.05, 0.1) is 13.5 Å². The van der Waals surface area contributed by atoms with Crippen molar-refractivity contribution in [1.29, 1.82) is 0 Å². The lowest BCUT2D eigenvalue weighted by molar-refractivity contribution is -0.142. The molecule has 0 aromatic heterocycles. The number of aryl methyl sites for hydroxylation is 1. The van der Waals surface area contributed by atoms with E-state index in [1.165, 1.54) is 0 Å². The van der Waals surface area contributed by atoms with Gasteiger partial charge in [0.15, 0.2) is 0 Å². The van der Waals surface area contributed by atoms with Crippen LogP contribution in [0.25, 0.3) is 0 Å². The maximum absolute atomic E-state index is 11.8. The van der Waals surface area contributed by atoms with Crippen LogP contribution in [0.15, 0.2) is 18.2 Å².